The second kappa shape index (κ2) is 8.48. The molecule has 0 spiro atoms. The number of carboxylic acids is 1. The fourth-order valence-electron chi connectivity index (χ4n) is 3.05. The zero-order chi connectivity index (χ0) is 20.3. The van der Waals surface area contributed by atoms with E-state index < -0.39 is 28.1 Å². The molecule has 1 saturated heterocycles. The number of halogens is 1. The van der Waals surface area contributed by atoms with Crippen molar-refractivity contribution in [2.75, 3.05) is 6.54 Å². The molecule has 0 bridgehead atoms. The molecule has 28 heavy (non-hydrogen) atoms. The summed E-state index contributed by atoms with van der Waals surface area (Å²) in [7, 11) is -4.06. The molecule has 1 fully saturated rings. The quantitative estimate of drug-likeness (QED) is 0.736. The minimum atomic E-state index is -4.06. The topological polar surface area (TPSA) is 104 Å². The van der Waals surface area contributed by atoms with Crippen LogP contribution < -0.4 is 4.74 Å². The Labute approximate surface area is 168 Å². The van der Waals surface area contributed by atoms with E-state index >= 15 is 0 Å². The molecule has 0 amide bonds. The third kappa shape index (κ3) is 4.47. The smallest absolute Gasteiger partial charge is 0.322 e. The van der Waals surface area contributed by atoms with Gasteiger partial charge in [0.1, 0.15) is 18.4 Å². The number of carbonyl (C=O) groups is 1. The van der Waals surface area contributed by atoms with Crippen LogP contribution in [0.5, 0.6) is 5.75 Å². The first-order valence-corrected chi connectivity index (χ1v) is 10.5. The molecule has 1 aliphatic heterocycles. The molecule has 1 heterocycles. The normalized spacial score (nSPS) is 20.6. The van der Waals surface area contributed by atoms with Gasteiger partial charge in [0, 0.05) is 17.1 Å². The molecule has 9 heteroatoms. The highest BCUT2D eigenvalue weighted by Gasteiger charge is 2.40. The third-order valence-electron chi connectivity index (χ3n) is 4.58. The number of hydrogen-bond acceptors (Lipinski definition) is 5. The van der Waals surface area contributed by atoms with Crippen molar-refractivity contribution in [3.05, 3.63) is 59.1 Å². The summed E-state index contributed by atoms with van der Waals surface area (Å²) in [5.74, 6) is -0.775. The largest absolute Gasteiger partial charge is 0.489 e. The van der Waals surface area contributed by atoms with Crippen LogP contribution in [0.2, 0.25) is 5.02 Å². The molecule has 0 radical (unpaired) electrons. The van der Waals surface area contributed by atoms with Crippen molar-refractivity contribution >= 4 is 27.6 Å². The lowest BCUT2D eigenvalue weighted by Crippen LogP contribution is -2.51. The number of ether oxygens (including phenoxy) is 1. The first-order chi connectivity index (χ1) is 13.3. The number of aliphatic carboxylic acids is 1. The van der Waals surface area contributed by atoms with Crippen molar-refractivity contribution < 1.29 is 28.2 Å². The van der Waals surface area contributed by atoms with Crippen LogP contribution in [-0.4, -0.2) is 47.6 Å². The van der Waals surface area contributed by atoms with E-state index in [0.29, 0.717) is 10.8 Å². The Morgan fingerprint density at radius 2 is 1.82 bits per heavy atom. The molecule has 2 aromatic carbocycles. The van der Waals surface area contributed by atoms with E-state index in [-0.39, 0.29) is 30.9 Å². The standard InChI is InChI=1S/C19H20ClNO6S/c20-17-4-2-1-3-13(17)12-27-15-6-8-16(9-7-15)28(25,26)21-11-14(22)5-10-18(21)19(23)24/h1-4,6-9,14,18,22H,5,10-12H2,(H,23,24). The van der Waals surface area contributed by atoms with Gasteiger partial charge in [-0.3, -0.25) is 4.79 Å². The van der Waals surface area contributed by atoms with Crippen LogP contribution in [0.3, 0.4) is 0 Å². The molecule has 0 aliphatic carbocycles. The molecular weight excluding hydrogens is 406 g/mol. The maximum atomic E-state index is 12.9. The van der Waals surface area contributed by atoms with Crippen molar-refractivity contribution in [2.45, 2.75) is 36.5 Å². The highest BCUT2D eigenvalue weighted by Crippen LogP contribution is 2.27. The Morgan fingerprint density at radius 1 is 1.14 bits per heavy atom. The van der Waals surface area contributed by atoms with E-state index in [2.05, 4.69) is 0 Å². The van der Waals surface area contributed by atoms with Gasteiger partial charge < -0.3 is 14.9 Å². The Balaban J connectivity index is 1.76. The summed E-state index contributed by atoms with van der Waals surface area (Å²) in [6.45, 7) is -0.0186. The first kappa shape index (κ1) is 20.6. The Bertz CT molecular complexity index is 947. The Kier molecular flexibility index (Phi) is 6.24. The monoisotopic (exact) mass is 425 g/mol. The number of β-amino-alcohol motifs (C(OH)–C–C–N with tert-alkyl or cyclic N) is 1. The number of carboxylic acid groups (broad SMARTS) is 1. The van der Waals surface area contributed by atoms with Crippen LogP contribution in [-0.2, 0) is 21.4 Å². The van der Waals surface area contributed by atoms with Gasteiger partial charge in [-0.25, -0.2) is 8.42 Å². The molecule has 3 rings (SSSR count). The number of aliphatic hydroxyl groups excluding tert-OH is 1. The Hall–Kier alpha value is -2.13. The average molecular weight is 426 g/mol. The first-order valence-electron chi connectivity index (χ1n) is 8.68. The minimum Gasteiger partial charge on any atom is -0.489 e. The number of piperidine rings is 1. The second-order valence-electron chi connectivity index (χ2n) is 6.51. The van der Waals surface area contributed by atoms with Gasteiger partial charge in [0.25, 0.3) is 0 Å². The third-order valence-corrected chi connectivity index (χ3v) is 6.84. The van der Waals surface area contributed by atoms with E-state index in [4.69, 9.17) is 16.3 Å². The van der Waals surface area contributed by atoms with Crippen LogP contribution in [0, 0.1) is 0 Å². The summed E-state index contributed by atoms with van der Waals surface area (Å²) in [4.78, 5) is 11.4. The molecule has 1 aliphatic rings. The summed E-state index contributed by atoms with van der Waals surface area (Å²) < 4.78 is 32.2. The summed E-state index contributed by atoms with van der Waals surface area (Å²) in [6.07, 6.45) is -0.573. The van der Waals surface area contributed by atoms with Crippen molar-refractivity contribution in [3.8, 4) is 5.75 Å². The predicted molar refractivity (Wildman–Crippen MR) is 103 cm³/mol. The van der Waals surface area contributed by atoms with E-state index in [1.54, 1.807) is 6.07 Å². The predicted octanol–water partition coefficient (Wildman–Crippen LogP) is 2.52. The average Bonchev–Trinajstić information content (AvgIpc) is 2.67. The lowest BCUT2D eigenvalue weighted by atomic mass is 10.0. The summed E-state index contributed by atoms with van der Waals surface area (Å²) >= 11 is 6.08. The van der Waals surface area contributed by atoms with Crippen LogP contribution >= 0.6 is 11.6 Å². The molecule has 150 valence electrons. The van der Waals surface area contributed by atoms with Crippen LogP contribution in [0.4, 0.5) is 0 Å². The summed E-state index contributed by atoms with van der Waals surface area (Å²) in [5.41, 5.74) is 0.799. The second-order valence-corrected chi connectivity index (χ2v) is 8.81. The van der Waals surface area contributed by atoms with E-state index in [0.717, 1.165) is 9.87 Å². The highest BCUT2D eigenvalue weighted by molar-refractivity contribution is 7.89. The molecule has 2 unspecified atom stereocenters. The van der Waals surface area contributed by atoms with Gasteiger partial charge in [-0.2, -0.15) is 4.31 Å². The van der Waals surface area contributed by atoms with Gasteiger partial charge in [0.15, 0.2) is 0 Å². The highest BCUT2D eigenvalue weighted by atomic mass is 35.5. The van der Waals surface area contributed by atoms with Gasteiger partial charge >= 0.3 is 5.97 Å². The van der Waals surface area contributed by atoms with E-state index in [1.165, 1.54) is 24.3 Å². The maximum Gasteiger partial charge on any atom is 0.322 e. The molecule has 0 saturated carbocycles. The van der Waals surface area contributed by atoms with Crippen LogP contribution in [0.1, 0.15) is 18.4 Å². The number of rotatable bonds is 6. The van der Waals surface area contributed by atoms with Crippen molar-refractivity contribution in [2.24, 2.45) is 0 Å². The Morgan fingerprint density at radius 3 is 2.46 bits per heavy atom. The minimum absolute atomic E-state index is 0.0575. The lowest BCUT2D eigenvalue weighted by Gasteiger charge is -2.34. The van der Waals surface area contributed by atoms with E-state index in [9.17, 15) is 23.4 Å². The van der Waals surface area contributed by atoms with E-state index in [1.807, 2.05) is 18.2 Å². The van der Waals surface area contributed by atoms with Gasteiger partial charge in [0.05, 0.1) is 11.0 Å². The SMILES string of the molecule is O=C(O)C1CCC(O)CN1S(=O)(=O)c1ccc(OCc2ccccc2Cl)cc1. The van der Waals surface area contributed by atoms with Gasteiger partial charge in [0.2, 0.25) is 10.0 Å². The number of nitrogens with zero attached hydrogens (tertiary/aromatic N) is 1. The zero-order valence-corrected chi connectivity index (χ0v) is 16.4. The molecule has 2 aromatic rings. The maximum absolute atomic E-state index is 12.9. The van der Waals surface area contributed by atoms with Crippen molar-refractivity contribution in [1.82, 2.24) is 4.31 Å². The molecule has 2 atom stereocenters. The molecule has 0 aromatic heterocycles. The summed E-state index contributed by atoms with van der Waals surface area (Å²) in [5, 5.41) is 19.7. The summed E-state index contributed by atoms with van der Waals surface area (Å²) in [6, 6.07) is 11.8. The number of aliphatic hydroxyl groups is 1. The number of hydrogen-bond donors (Lipinski definition) is 2. The molecule has 7 nitrogen and oxygen atoms in total. The van der Waals surface area contributed by atoms with Crippen molar-refractivity contribution in [3.63, 3.8) is 0 Å². The molecule has 2 N–H and O–H groups in total. The van der Waals surface area contributed by atoms with Crippen LogP contribution in [0.15, 0.2) is 53.4 Å². The van der Waals surface area contributed by atoms with Gasteiger partial charge in [-0.05, 0) is 43.2 Å². The van der Waals surface area contributed by atoms with Crippen molar-refractivity contribution in [1.29, 1.82) is 0 Å². The van der Waals surface area contributed by atoms with Gasteiger partial charge in [-0.1, -0.05) is 29.8 Å². The number of benzene rings is 2. The molecular formula is C19H20ClNO6S. The van der Waals surface area contributed by atoms with Gasteiger partial charge in [-0.15, -0.1) is 0 Å². The van der Waals surface area contributed by atoms with Crippen LogP contribution in [0.25, 0.3) is 0 Å². The fourth-order valence-corrected chi connectivity index (χ4v) is 4.89. The number of sulfonamides is 1. The lowest BCUT2D eigenvalue weighted by molar-refractivity contribution is -0.143. The fraction of sp³-hybridized carbons (Fsp3) is 0.316. The zero-order valence-electron chi connectivity index (χ0n) is 14.9.